The van der Waals surface area contributed by atoms with Crippen LogP contribution in [-0.4, -0.2) is 14.2 Å². The Morgan fingerprint density at radius 2 is 1.74 bits per heavy atom. The highest BCUT2D eigenvalue weighted by molar-refractivity contribution is 14.1. The van der Waals surface area contributed by atoms with E-state index in [2.05, 4.69) is 27.9 Å². The van der Waals surface area contributed by atoms with E-state index in [0.29, 0.717) is 4.90 Å². The van der Waals surface area contributed by atoms with E-state index < -0.39 is 9.84 Å². The Labute approximate surface area is 126 Å². The SMILES string of the molecule is O=S1(=O)CC(Nc2ccccc2I)c2ccccc21. The third kappa shape index (κ3) is 2.36. The third-order valence-corrected chi connectivity index (χ3v) is 5.97. The first kappa shape index (κ1) is 12.9. The van der Waals surface area contributed by atoms with Gasteiger partial charge in [-0.2, -0.15) is 0 Å². The van der Waals surface area contributed by atoms with Crippen LogP contribution in [0.25, 0.3) is 0 Å². The van der Waals surface area contributed by atoms with Crippen LogP contribution in [0.5, 0.6) is 0 Å². The molecular formula is C14H12INO2S. The summed E-state index contributed by atoms with van der Waals surface area (Å²) < 4.78 is 25.3. The summed E-state index contributed by atoms with van der Waals surface area (Å²) in [6.07, 6.45) is 0. The second kappa shape index (κ2) is 4.79. The van der Waals surface area contributed by atoms with E-state index in [4.69, 9.17) is 0 Å². The molecule has 2 aromatic carbocycles. The summed E-state index contributed by atoms with van der Waals surface area (Å²) in [6, 6.07) is 14.9. The van der Waals surface area contributed by atoms with Crippen LogP contribution < -0.4 is 5.32 Å². The lowest BCUT2D eigenvalue weighted by molar-refractivity contribution is 0.598. The van der Waals surface area contributed by atoms with Gasteiger partial charge in [0, 0.05) is 9.26 Å². The van der Waals surface area contributed by atoms with Gasteiger partial charge in [0.2, 0.25) is 0 Å². The Balaban J connectivity index is 1.99. The number of fused-ring (bicyclic) bond motifs is 1. The smallest absolute Gasteiger partial charge is 0.181 e. The molecule has 19 heavy (non-hydrogen) atoms. The summed E-state index contributed by atoms with van der Waals surface area (Å²) in [5.74, 6) is 0.122. The van der Waals surface area contributed by atoms with Crippen LogP contribution in [0.3, 0.4) is 0 Å². The van der Waals surface area contributed by atoms with Crippen LogP contribution in [0.2, 0.25) is 0 Å². The molecule has 0 aromatic heterocycles. The van der Waals surface area contributed by atoms with Crippen molar-refractivity contribution in [2.24, 2.45) is 0 Å². The largest absolute Gasteiger partial charge is 0.376 e. The Kier molecular flexibility index (Phi) is 3.26. The van der Waals surface area contributed by atoms with Gasteiger partial charge in [0.1, 0.15) is 0 Å². The standard InChI is InChI=1S/C14H12INO2S/c15-11-6-2-3-7-12(11)16-13-9-19(17,18)14-8-4-1-5-10(13)14/h1-8,13,16H,9H2. The van der Waals surface area contributed by atoms with Gasteiger partial charge in [0.05, 0.1) is 16.7 Å². The Bertz CT molecular complexity index is 728. The van der Waals surface area contributed by atoms with Gasteiger partial charge in [-0.05, 0) is 46.4 Å². The molecule has 1 atom stereocenters. The van der Waals surface area contributed by atoms with Crippen LogP contribution in [0.1, 0.15) is 11.6 Å². The van der Waals surface area contributed by atoms with Crippen LogP contribution in [0.15, 0.2) is 53.4 Å². The van der Waals surface area contributed by atoms with Crippen molar-refractivity contribution in [3.8, 4) is 0 Å². The molecule has 1 unspecified atom stereocenters. The molecule has 0 saturated carbocycles. The fraction of sp³-hybridized carbons (Fsp3) is 0.143. The van der Waals surface area contributed by atoms with Crippen molar-refractivity contribution in [1.29, 1.82) is 0 Å². The maximum atomic E-state index is 12.1. The molecule has 0 bridgehead atoms. The average molecular weight is 385 g/mol. The number of nitrogens with one attached hydrogen (secondary N) is 1. The zero-order valence-electron chi connectivity index (χ0n) is 10.0. The summed E-state index contributed by atoms with van der Waals surface area (Å²) in [4.78, 5) is 0.457. The van der Waals surface area contributed by atoms with E-state index in [9.17, 15) is 8.42 Å². The molecule has 0 aliphatic carbocycles. The first-order chi connectivity index (χ1) is 9.08. The highest BCUT2D eigenvalue weighted by atomic mass is 127. The molecular weight excluding hydrogens is 373 g/mol. The zero-order valence-corrected chi connectivity index (χ0v) is 13.0. The molecule has 1 aliphatic heterocycles. The highest BCUT2D eigenvalue weighted by Gasteiger charge is 2.34. The Morgan fingerprint density at radius 3 is 2.53 bits per heavy atom. The average Bonchev–Trinajstić information content (AvgIpc) is 2.65. The molecule has 3 rings (SSSR count). The molecule has 0 saturated heterocycles. The number of benzene rings is 2. The summed E-state index contributed by atoms with van der Waals surface area (Å²) in [5.41, 5.74) is 1.84. The zero-order chi connectivity index (χ0) is 13.5. The minimum absolute atomic E-state index is 0.122. The molecule has 1 aliphatic rings. The lowest BCUT2D eigenvalue weighted by Gasteiger charge is -2.15. The number of para-hydroxylation sites is 1. The monoisotopic (exact) mass is 385 g/mol. The summed E-state index contributed by atoms with van der Waals surface area (Å²) in [6.45, 7) is 0. The molecule has 1 N–H and O–H groups in total. The second-order valence-corrected chi connectivity index (χ2v) is 7.66. The normalized spacial score (nSPS) is 19.9. The predicted molar refractivity (Wildman–Crippen MR) is 84.0 cm³/mol. The van der Waals surface area contributed by atoms with Crippen molar-refractivity contribution in [2.45, 2.75) is 10.9 Å². The molecule has 98 valence electrons. The maximum absolute atomic E-state index is 12.1. The van der Waals surface area contributed by atoms with E-state index in [-0.39, 0.29) is 11.8 Å². The van der Waals surface area contributed by atoms with Crippen molar-refractivity contribution < 1.29 is 8.42 Å². The van der Waals surface area contributed by atoms with E-state index in [1.165, 1.54) is 0 Å². The van der Waals surface area contributed by atoms with Crippen LogP contribution in [0.4, 0.5) is 5.69 Å². The van der Waals surface area contributed by atoms with Gasteiger partial charge in [0.15, 0.2) is 9.84 Å². The topological polar surface area (TPSA) is 46.2 Å². The molecule has 0 spiro atoms. The van der Waals surface area contributed by atoms with Crippen LogP contribution >= 0.6 is 22.6 Å². The first-order valence-electron chi connectivity index (χ1n) is 5.91. The van der Waals surface area contributed by atoms with Crippen molar-refractivity contribution in [3.63, 3.8) is 0 Å². The Morgan fingerprint density at radius 1 is 1.05 bits per heavy atom. The number of sulfone groups is 1. The molecule has 2 aromatic rings. The maximum Gasteiger partial charge on any atom is 0.181 e. The van der Waals surface area contributed by atoms with E-state index >= 15 is 0 Å². The second-order valence-electron chi connectivity index (χ2n) is 4.50. The molecule has 3 nitrogen and oxygen atoms in total. The molecule has 1 heterocycles. The van der Waals surface area contributed by atoms with Crippen LogP contribution in [-0.2, 0) is 9.84 Å². The fourth-order valence-electron chi connectivity index (χ4n) is 2.34. The lowest BCUT2D eigenvalue weighted by Crippen LogP contribution is -2.13. The number of halogens is 1. The quantitative estimate of drug-likeness (QED) is 0.808. The van der Waals surface area contributed by atoms with Gasteiger partial charge in [-0.15, -0.1) is 0 Å². The van der Waals surface area contributed by atoms with Crippen LogP contribution in [0, 0.1) is 3.57 Å². The van der Waals surface area contributed by atoms with Crippen molar-refractivity contribution in [2.75, 3.05) is 11.1 Å². The number of anilines is 1. The molecule has 5 heteroatoms. The number of hydrogen-bond donors (Lipinski definition) is 1. The minimum Gasteiger partial charge on any atom is -0.376 e. The number of rotatable bonds is 2. The van der Waals surface area contributed by atoms with E-state index in [0.717, 1.165) is 14.8 Å². The molecule has 0 fully saturated rings. The fourth-order valence-corrected chi connectivity index (χ4v) is 4.62. The number of hydrogen-bond acceptors (Lipinski definition) is 3. The highest BCUT2D eigenvalue weighted by Crippen LogP contribution is 2.35. The van der Waals surface area contributed by atoms with Gasteiger partial charge >= 0.3 is 0 Å². The van der Waals surface area contributed by atoms with Crippen molar-refractivity contribution >= 4 is 38.1 Å². The van der Waals surface area contributed by atoms with Crippen molar-refractivity contribution in [3.05, 3.63) is 57.7 Å². The van der Waals surface area contributed by atoms with Gasteiger partial charge < -0.3 is 5.32 Å². The van der Waals surface area contributed by atoms with Crippen molar-refractivity contribution in [1.82, 2.24) is 0 Å². The van der Waals surface area contributed by atoms with E-state index in [1.807, 2.05) is 36.4 Å². The third-order valence-electron chi connectivity index (χ3n) is 3.22. The summed E-state index contributed by atoms with van der Waals surface area (Å²) >= 11 is 2.24. The van der Waals surface area contributed by atoms with Gasteiger partial charge in [-0.3, -0.25) is 0 Å². The van der Waals surface area contributed by atoms with Gasteiger partial charge in [-0.25, -0.2) is 8.42 Å². The Hall–Kier alpha value is -1.08. The molecule has 0 radical (unpaired) electrons. The lowest BCUT2D eigenvalue weighted by atomic mass is 10.1. The van der Waals surface area contributed by atoms with Gasteiger partial charge in [0.25, 0.3) is 0 Å². The van der Waals surface area contributed by atoms with Gasteiger partial charge in [-0.1, -0.05) is 30.3 Å². The van der Waals surface area contributed by atoms with E-state index in [1.54, 1.807) is 12.1 Å². The predicted octanol–water partition coefficient (Wildman–Crippen LogP) is 3.23. The molecule has 0 amide bonds. The summed E-state index contributed by atoms with van der Waals surface area (Å²) in [7, 11) is -3.15. The summed E-state index contributed by atoms with van der Waals surface area (Å²) in [5, 5.41) is 3.33. The minimum atomic E-state index is -3.15. The first-order valence-corrected chi connectivity index (χ1v) is 8.64.